The summed E-state index contributed by atoms with van der Waals surface area (Å²) in [6.07, 6.45) is 3.35. The summed E-state index contributed by atoms with van der Waals surface area (Å²) in [4.78, 5) is 0. The molecule has 27 heavy (non-hydrogen) atoms. The lowest BCUT2D eigenvalue weighted by molar-refractivity contribution is 0.209. The van der Waals surface area contributed by atoms with E-state index in [1.807, 2.05) is 36.0 Å². The number of nitrogens with zero attached hydrogens (tertiary/aromatic N) is 2. The molecule has 2 aromatic rings. The summed E-state index contributed by atoms with van der Waals surface area (Å²) in [5, 5.41) is 8.91. The molecule has 5 heteroatoms. The van der Waals surface area contributed by atoms with E-state index in [-0.39, 0.29) is 0 Å². The summed E-state index contributed by atoms with van der Waals surface area (Å²) >= 11 is 14.1. The topological polar surface area (TPSA) is 15.6 Å². The molecule has 0 bridgehead atoms. The average molecular weight is 417 g/mol. The van der Waals surface area contributed by atoms with Gasteiger partial charge in [-0.15, -0.1) is 0 Å². The lowest BCUT2D eigenvalue weighted by Crippen LogP contribution is -2.30. The summed E-state index contributed by atoms with van der Waals surface area (Å²) in [6.45, 7) is 3.17. The van der Waals surface area contributed by atoms with Gasteiger partial charge >= 0.3 is 0 Å². The van der Waals surface area contributed by atoms with Crippen LogP contribution in [0.4, 0.5) is 0 Å². The van der Waals surface area contributed by atoms with Crippen molar-refractivity contribution in [2.45, 2.75) is 19.4 Å². The molecule has 0 amide bonds. The van der Waals surface area contributed by atoms with Gasteiger partial charge < -0.3 is 0 Å². The van der Waals surface area contributed by atoms with Gasteiger partial charge in [-0.2, -0.15) is 16.9 Å². The van der Waals surface area contributed by atoms with E-state index in [0.717, 1.165) is 34.5 Å². The Kier molecular flexibility index (Phi) is 5.82. The molecule has 2 nitrogen and oxygen atoms in total. The normalized spacial score (nSPS) is 23.4. The third kappa shape index (κ3) is 4.06. The largest absolute Gasteiger partial charge is 0.289 e. The number of hydrogen-bond donors (Lipinski definition) is 0. The molecule has 0 saturated carbocycles. The number of halogens is 2. The van der Waals surface area contributed by atoms with Crippen LogP contribution in [0.25, 0.3) is 6.08 Å². The zero-order valence-corrected chi connectivity index (χ0v) is 17.6. The number of rotatable bonds is 4. The molecular formula is C22H22Cl2N2S. The first kappa shape index (κ1) is 18.9. The Bertz CT molecular complexity index is 859. The van der Waals surface area contributed by atoms with Gasteiger partial charge in [0.25, 0.3) is 0 Å². The van der Waals surface area contributed by atoms with Crippen molar-refractivity contribution in [2.24, 2.45) is 11.0 Å². The molecule has 2 heterocycles. The standard InChI is InChI=1S/C22H22Cl2N2S/c1-2-11-26-22(16-5-9-19(24)10-6-16)20-14-27-13-17(21(20)25-26)12-15-3-7-18(23)8-4-15/h3-10,12,20,22H,2,11,13-14H2,1H3/b17-12-. The lowest BCUT2D eigenvalue weighted by Gasteiger charge is -2.30. The van der Waals surface area contributed by atoms with Crippen LogP contribution < -0.4 is 0 Å². The smallest absolute Gasteiger partial charge is 0.0812 e. The highest BCUT2D eigenvalue weighted by Gasteiger charge is 2.41. The molecule has 4 rings (SSSR count). The molecule has 0 radical (unpaired) electrons. The summed E-state index contributed by atoms with van der Waals surface area (Å²) in [5.41, 5.74) is 5.05. The Balaban J connectivity index is 1.68. The predicted octanol–water partition coefficient (Wildman–Crippen LogP) is 6.56. The van der Waals surface area contributed by atoms with Gasteiger partial charge in [-0.05, 0) is 53.5 Å². The number of hydrogen-bond acceptors (Lipinski definition) is 3. The SMILES string of the molecule is CCCN1N=C2/C(=C\c3ccc(Cl)cc3)CSCC2C1c1ccc(Cl)cc1. The summed E-state index contributed by atoms with van der Waals surface area (Å²) in [5.74, 6) is 2.52. The second-order valence-corrected chi connectivity index (χ2v) is 8.89. The average Bonchev–Trinajstić information content (AvgIpc) is 3.04. The van der Waals surface area contributed by atoms with Crippen LogP contribution in [0.2, 0.25) is 10.0 Å². The zero-order chi connectivity index (χ0) is 18.8. The molecule has 0 N–H and O–H groups in total. The molecule has 1 saturated heterocycles. The molecule has 0 aliphatic carbocycles. The summed E-state index contributed by atoms with van der Waals surface area (Å²) in [7, 11) is 0. The molecule has 2 aliphatic rings. The van der Waals surface area contributed by atoms with Crippen molar-refractivity contribution in [2.75, 3.05) is 18.1 Å². The van der Waals surface area contributed by atoms with Crippen molar-refractivity contribution in [3.63, 3.8) is 0 Å². The van der Waals surface area contributed by atoms with Gasteiger partial charge in [0.05, 0.1) is 11.8 Å². The first-order valence-corrected chi connectivity index (χ1v) is 11.2. The second kappa shape index (κ2) is 8.30. The maximum absolute atomic E-state index is 6.11. The predicted molar refractivity (Wildman–Crippen MR) is 119 cm³/mol. The van der Waals surface area contributed by atoms with Gasteiger partial charge in [0.1, 0.15) is 0 Å². The molecule has 0 spiro atoms. The fourth-order valence-electron chi connectivity index (χ4n) is 3.83. The number of benzene rings is 2. The fraction of sp³-hybridized carbons (Fsp3) is 0.318. The maximum Gasteiger partial charge on any atom is 0.0812 e. The van der Waals surface area contributed by atoms with Crippen molar-refractivity contribution in [1.29, 1.82) is 0 Å². The highest BCUT2D eigenvalue weighted by molar-refractivity contribution is 7.99. The molecule has 2 aliphatic heterocycles. The van der Waals surface area contributed by atoms with Crippen LogP contribution in [0.1, 0.15) is 30.5 Å². The Labute approximate surface area is 175 Å². The highest BCUT2D eigenvalue weighted by atomic mass is 35.5. The molecule has 0 aromatic heterocycles. The molecule has 2 atom stereocenters. The van der Waals surface area contributed by atoms with Crippen LogP contribution in [0.3, 0.4) is 0 Å². The van der Waals surface area contributed by atoms with Crippen molar-refractivity contribution in [3.05, 3.63) is 75.3 Å². The lowest BCUT2D eigenvalue weighted by atomic mass is 9.87. The van der Waals surface area contributed by atoms with E-state index < -0.39 is 0 Å². The Hall–Kier alpha value is -1.42. The molecule has 1 fully saturated rings. The minimum Gasteiger partial charge on any atom is -0.289 e. The minimum atomic E-state index is 0.290. The van der Waals surface area contributed by atoms with E-state index in [4.69, 9.17) is 28.3 Å². The number of hydrazone groups is 1. The van der Waals surface area contributed by atoms with Crippen molar-refractivity contribution in [1.82, 2.24) is 5.01 Å². The van der Waals surface area contributed by atoms with E-state index in [0.29, 0.717) is 12.0 Å². The Morgan fingerprint density at radius 1 is 1.07 bits per heavy atom. The van der Waals surface area contributed by atoms with Gasteiger partial charge in [-0.1, -0.05) is 54.4 Å². The number of fused-ring (bicyclic) bond motifs is 1. The van der Waals surface area contributed by atoms with E-state index in [2.05, 4.69) is 42.3 Å². The molecule has 140 valence electrons. The van der Waals surface area contributed by atoms with Crippen LogP contribution >= 0.6 is 35.0 Å². The zero-order valence-electron chi connectivity index (χ0n) is 15.2. The maximum atomic E-state index is 6.11. The van der Waals surface area contributed by atoms with Crippen molar-refractivity contribution >= 4 is 46.8 Å². The van der Waals surface area contributed by atoms with Crippen molar-refractivity contribution in [3.8, 4) is 0 Å². The first-order valence-electron chi connectivity index (χ1n) is 9.30. The van der Waals surface area contributed by atoms with Crippen LogP contribution in [0, 0.1) is 5.92 Å². The van der Waals surface area contributed by atoms with Gasteiger partial charge in [0.2, 0.25) is 0 Å². The van der Waals surface area contributed by atoms with E-state index >= 15 is 0 Å². The third-order valence-corrected chi connectivity index (χ3v) is 6.66. The quantitative estimate of drug-likeness (QED) is 0.560. The van der Waals surface area contributed by atoms with Crippen LogP contribution in [0.15, 0.2) is 59.2 Å². The van der Waals surface area contributed by atoms with Gasteiger partial charge in [0, 0.05) is 34.0 Å². The Morgan fingerprint density at radius 3 is 2.41 bits per heavy atom. The number of thioether (sulfide) groups is 1. The van der Waals surface area contributed by atoms with Crippen LogP contribution in [0.5, 0.6) is 0 Å². The molecular weight excluding hydrogens is 395 g/mol. The Morgan fingerprint density at radius 2 is 1.74 bits per heavy atom. The van der Waals surface area contributed by atoms with Crippen LogP contribution in [-0.2, 0) is 0 Å². The van der Waals surface area contributed by atoms with E-state index in [1.54, 1.807) is 0 Å². The van der Waals surface area contributed by atoms with Crippen LogP contribution in [-0.4, -0.2) is 28.8 Å². The third-order valence-electron chi connectivity index (χ3n) is 5.05. The minimum absolute atomic E-state index is 0.290. The molecule has 2 unspecified atom stereocenters. The van der Waals surface area contributed by atoms with Gasteiger partial charge in [0.15, 0.2) is 0 Å². The summed E-state index contributed by atoms with van der Waals surface area (Å²) < 4.78 is 0. The van der Waals surface area contributed by atoms with Crippen molar-refractivity contribution < 1.29 is 0 Å². The highest BCUT2D eigenvalue weighted by Crippen LogP contribution is 2.43. The fourth-order valence-corrected chi connectivity index (χ4v) is 5.25. The van der Waals surface area contributed by atoms with Gasteiger partial charge in [-0.25, -0.2) is 0 Å². The second-order valence-electron chi connectivity index (χ2n) is 6.99. The van der Waals surface area contributed by atoms with E-state index in [1.165, 1.54) is 22.4 Å². The van der Waals surface area contributed by atoms with E-state index in [9.17, 15) is 0 Å². The first-order chi connectivity index (χ1) is 13.2. The van der Waals surface area contributed by atoms with Gasteiger partial charge in [-0.3, -0.25) is 5.01 Å². The monoisotopic (exact) mass is 416 g/mol. The molecule has 2 aromatic carbocycles. The summed E-state index contributed by atoms with van der Waals surface area (Å²) in [6, 6.07) is 16.6.